The molecule has 0 spiro atoms. The van der Waals surface area contributed by atoms with E-state index in [1.165, 1.54) is 11.1 Å². The maximum Gasteiger partial charge on any atom is 0.287 e. The Kier molecular flexibility index (Phi) is 5.30. The third-order valence-electron chi connectivity index (χ3n) is 5.72. The maximum atomic E-state index is 12.6. The van der Waals surface area contributed by atoms with Crippen LogP contribution in [-0.4, -0.2) is 21.7 Å². The summed E-state index contributed by atoms with van der Waals surface area (Å²) in [5, 5.41) is 6.36. The quantitative estimate of drug-likeness (QED) is 0.277. The van der Waals surface area contributed by atoms with Crippen molar-refractivity contribution in [2.45, 2.75) is 19.9 Å². The van der Waals surface area contributed by atoms with Crippen LogP contribution < -0.4 is 5.43 Å². The Bertz CT molecular complexity index is 1430. The van der Waals surface area contributed by atoms with Gasteiger partial charge in [0.1, 0.15) is 5.69 Å². The summed E-state index contributed by atoms with van der Waals surface area (Å²) >= 11 is 0. The third kappa shape index (κ3) is 3.93. The van der Waals surface area contributed by atoms with Gasteiger partial charge in [-0.05, 0) is 41.8 Å². The summed E-state index contributed by atoms with van der Waals surface area (Å²) in [7, 11) is 0. The van der Waals surface area contributed by atoms with Gasteiger partial charge in [-0.2, -0.15) is 5.10 Å². The second-order valence-corrected chi connectivity index (χ2v) is 7.87. The molecule has 0 aliphatic rings. The van der Waals surface area contributed by atoms with Gasteiger partial charge in [-0.15, -0.1) is 0 Å². The van der Waals surface area contributed by atoms with Crippen LogP contribution in [0.25, 0.3) is 21.8 Å². The normalized spacial score (nSPS) is 11.5. The Morgan fingerprint density at radius 1 is 1.00 bits per heavy atom. The lowest BCUT2D eigenvalue weighted by molar-refractivity contribution is 0.0951. The number of amides is 1. The van der Waals surface area contributed by atoms with E-state index in [1.54, 1.807) is 6.21 Å². The van der Waals surface area contributed by atoms with Gasteiger partial charge < -0.3 is 9.55 Å². The lowest BCUT2D eigenvalue weighted by Crippen LogP contribution is -2.17. The molecule has 158 valence electrons. The van der Waals surface area contributed by atoms with Crippen LogP contribution in [-0.2, 0) is 13.0 Å². The standard InChI is InChI=1S/C27H24N4O/c1-2-19-12-13-24-21(14-19)15-25(29-24)27(32)30-28-16-22-18-31(17-20-8-4-3-5-9-20)26-11-7-6-10-23(22)26/h3-16,18,29H,2,17H2,1H3,(H,30,32). The summed E-state index contributed by atoms with van der Waals surface area (Å²) in [6.45, 7) is 2.89. The Balaban J connectivity index is 1.36. The molecule has 0 unspecified atom stereocenters. The zero-order chi connectivity index (χ0) is 21.9. The number of benzene rings is 3. The van der Waals surface area contributed by atoms with Crippen molar-refractivity contribution >= 4 is 33.9 Å². The largest absolute Gasteiger partial charge is 0.350 e. The van der Waals surface area contributed by atoms with Gasteiger partial charge in [-0.25, -0.2) is 5.43 Å². The molecule has 5 rings (SSSR count). The highest BCUT2D eigenvalue weighted by atomic mass is 16.2. The monoisotopic (exact) mass is 420 g/mol. The molecule has 2 heterocycles. The maximum absolute atomic E-state index is 12.6. The van der Waals surface area contributed by atoms with E-state index in [1.807, 2.05) is 42.5 Å². The minimum absolute atomic E-state index is 0.261. The summed E-state index contributed by atoms with van der Waals surface area (Å²) in [6.07, 6.45) is 4.74. The summed E-state index contributed by atoms with van der Waals surface area (Å²) in [6, 6.07) is 26.6. The second kappa shape index (κ2) is 8.55. The van der Waals surface area contributed by atoms with Crippen LogP contribution in [0.2, 0.25) is 0 Å². The number of aromatic nitrogens is 2. The van der Waals surface area contributed by atoms with Crippen LogP contribution in [0.15, 0.2) is 90.2 Å². The molecule has 0 saturated carbocycles. The van der Waals surface area contributed by atoms with E-state index in [0.717, 1.165) is 40.3 Å². The molecule has 32 heavy (non-hydrogen) atoms. The Morgan fingerprint density at radius 2 is 1.81 bits per heavy atom. The van der Waals surface area contributed by atoms with Crippen molar-refractivity contribution in [3.05, 3.63) is 107 Å². The van der Waals surface area contributed by atoms with Gasteiger partial charge in [0, 0.05) is 40.1 Å². The van der Waals surface area contributed by atoms with Crippen LogP contribution in [0.4, 0.5) is 0 Å². The molecule has 0 radical (unpaired) electrons. The SMILES string of the molecule is CCc1ccc2[nH]c(C(=O)NN=Cc3cn(Cc4ccccc4)c4ccccc34)cc2c1. The van der Waals surface area contributed by atoms with Gasteiger partial charge in [-0.3, -0.25) is 4.79 Å². The zero-order valence-corrected chi connectivity index (χ0v) is 17.9. The summed E-state index contributed by atoms with van der Waals surface area (Å²) < 4.78 is 2.21. The van der Waals surface area contributed by atoms with Crippen molar-refractivity contribution in [2.24, 2.45) is 5.10 Å². The summed E-state index contributed by atoms with van der Waals surface area (Å²) in [5.41, 5.74) is 8.66. The first-order valence-corrected chi connectivity index (χ1v) is 10.8. The highest BCUT2D eigenvalue weighted by molar-refractivity contribution is 6.01. The van der Waals surface area contributed by atoms with Crippen LogP contribution in [0, 0.1) is 0 Å². The minimum Gasteiger partial charge on any atom is -0.350 e. The van der Waals surface area contributed by atoms with E-state index in [0.29, 0.717) is 5.69 Å². The lowest BCUT2D eigenvalue weighted by Gasteiger charge is -2.05. The molecule has 0 fully saturated rings. The fourth-order valence-corrected chi connectivity index (χ4v) is 4.03. The van der Waals surface area contributed by atoms with Crippen molar-refractivity contribution in [1.82, 2.24) is 15.0 Å². The number of aryl methyl sites for hydroxylation is 1. The van der Waals surface area contributed by atoms with E-state index >= 15 is 0 Å². The molecule has 2 N–H and O–H groups in total. The predicted octanol–water partition coefficient (Wildman–Crippen LogP) is 5.50. The molecule has 2 aromatic heterocycles. The molecule has 5 nitrogen and oxygen atoms in total. The van der Waals surface area contributed by atoms with Gasteiger partial charge in [0.05, 0.1) is 6.21 Å². The molecule has 0 bridgehead atoms. The topological polar surface area (TPSA) is 62.2 Å². The number of nitrogens with one attached hydrogen (secondary N) is 2. The first-order valence-electron chi connectivity index (χ1n) is 10.8. The number of rotatable bonds is 6. The number of para-hydroxylation sites is 1. The molecule has 3 aromatic carbocycles. The first kappa shape index (κ1) is 19.8. The van der Waals surface area contributed by atoms with E-state index in [2.05, 4.69) is 69.6 Å². The van der Waals surface area contributed by atoms with Crippen LogP contribution in [0.1, 0.15) is 34.1 Å². The van der Waals surface area contributed by atoms with Gasteiger partial charge >= 0.3 is 0 Å². The Labute approximate surface area is 186 Å². The third-order valence-corrected chi connectivity index (χ3v) is 5.72. The molecule has 5 aromatic rings. The molecular formula is C27H24N4O. The number of hydrazone groups is 1. The first-order chi connectivity index (χ1) is 15.7. The average molecular weight is 421 g/mol. The van der Waals surface area contributed by atoms with Crippen molar-refractivity contribution < 1.29 is 4.79 Å². The van der Waals surface area contributed by atoms with Gasteiger partial charge in [-0.1, -0.05) is 61.5 Å². The van der Waals surface area contributed by atoms with Crippen molar-refractivity contribution in [3.63, 3.8) is 0 Å². The number of aromatic amines is 1. The second-order valence-electron chi connectivity index (χ2n) is 7.87. The van der Waals surface area contributed by atoms with Gasteiger partial charge in [0.25, 0.3) is 5.91 Å². The van der Waals surface area contributed by atoms with E-state index in [9.17, 15) is 4.79 Å². The number of carbonyl (C=O) groups excluding carboxylic acids is 1. The van der Waals surface area contributed by atoms with Crippen molar-refractivity contribution in [2.75, 3.05) is 0 Å². The van der Waals surface area contributed by atoms with E-state index in [-0.39, 0.29) is 5.91 Å². The van der Waals surface area contributed by atoms with Crippen LogP contribution in [0.5, 0.6) is 0 Å². The predicted molar refractivity (Wildman–Crippen MR) is 130 cm³/mol. The number of hydrogen-bond acceptors (Lipinski definition) is 2. The molecule has 0 atom stereocenters. The summed E-state index contributed by atoms with van der Waals surface area (Å²) in [5.74, 6) is -0.261. The number of hydrogen-bond donors (Lipinski definition) is 2. The number of carbonyl (C=O) groups is 1. The number of nitrogens with zero attached hydrogens (tertiary/aromatic N) is 2. The highest BCUT2D eigenvalue weighted by Crippen LogP contribution is 2.21. The smallest absolute Gasteiger partial charge is 0.287 e. The van der Waals surface area contributed by atoms with E-state index in [4.69, 9.17) is 0 Å². The molecule has 0 saturated heterocycles. The fourth-order valence-electron chi connectivity index (χ4n) is 4.03. The number of fused-ring (bicyclic) bond motifs is 2. The van der Waals surface area contributed by atoms with Gasteiger partial charge in [0.15, 0.2) is 0 Å². The summed E-state index contributed by atoms with van der Waals surface area (Å²) in [4.78, 5) is 15.8. The lowest BCUT2D eigenvalue weighted by atomic mass is 10.1. The average Bonchev–Trinajstić information content (AvgIpc) is 3.41. The van der Waals surface area contributed by atoms with E-state index < -0.39 is 0 Å². The molecular weight excluding hydrogens is 396 g/mol. The van der Waals surface area contributed by atoms with Gasteiger partial charge in [0.2, 0.25) is 0 Å². The highest BCUT2D eigenvalue weighted by Gasteiger charge is 2.10. The Hall–Kier alpha value is -4.12. The minimum atomic E-state index is -0.261. The molecule has 0 aliphatic carbocycles. The van der Waals surface area contributed by atoms with Crippen LogP contribution >= 0.6 is 0 Å². The molecule has 1 amide bonds. The number of H-pyrrole nitrogens is 1. The molecule has 0 aliphatic heterocycles. The Morgan fingerprint density at radius 3 is 2.66 bits per heavy atom. The fraction of sp³-hybridized carbons (Fsp3) is 0.111. The van der Waals surface area contributed by atoms with Crippen LogP contribution in [0.3, 0.4) is 0 Å². The zero-order valence-electron chi connectivity index (χ0n) is 17.9. The van der Waals surface area contributed by atoms with Crippen molar-refractivity contribution in [1.29, 1.82) is 0 Å². The van der Waals surface area contributed by atoms with Crippen molar-refractivity contribution in [3.8, 4) is 0 Å². The molecule has 5 heteroatoms.